The fraction of sp³-hybridized carbons (Fsp3) is 0.318. The van der Waals surface area contributed by atoms with Crippen LogP contribution in [-0.2, 0) is 11.3 Å². The predicted molar refractivity (Wildman–Crippen MR) is 112 cm³/mol. The number of para-hydroxylation sites is 1. The van der Waals surface area contributed by atoms with E-state index in [0.29, 0.717) is 17.4 Å². The number of fused-ring (bicyclic) bond motifs is 1. The van der Waals surface area contributed by atoms with Crippen LogP contribution in [0.5, 0.6) is 0 Å². The van der Waals surface area contributed by atoms with Gasteiger partial charge in [-0.3, -0.25) is 19.1 Å². The highest BCUT2D eigenvalue weighted by Crippen LogP contribution is 2.25. The molecule has 1 N–H and O–H groups in total. The van der Waals surface area contributed by atoms with Crippen LogP contribution >= 0.6 is 0 Å². The number of hydrogen-bond donors (Lipinski definition) is 1. The Morgan fingerprint density at radius 1 is 1.03 bits per heavy atom. The Balaban J connectivity index is 1.57. The number of nitrogens with zero attached hydrogens (tertiary/aromatic N) is 3. The highest BCUT2D eigenvalue weighted by Gasteiger charge is 2.29. The zero-order valence-electron chi connectivity index (χ0n) is 16.4. The highest BCUT2D eigenvalue weighted by molar-refractivity contribution is 5.79. The van der Waals surface area contributed by atoms with Gasteiger partial charge in [0.2, 0.25) is 5.91 Å². The van der Waals surface area contributed by atoms with E-state index in [1.807, 2.05) is 35.2 Å². The van der Waals surface area contributed by atoms with Gasteiger partial charge in [-0.1, -0.05) is 42.5 Å². The van der Waals surface area contributed by atoms with Crippen molar-refractivity contribution in [3.05, 3.63) is 81.0 Å². The fourth-order valence-corrected chi connectivity index (χ4v) is 3.99. The summed E-state index contributed by atoms with van der Waals surface area (Å²) in [7, 11) is 2.06. The number of hydrogen-bond acceptors (Lipinski definition) is 4. The van der Waals surface area contributed by atoms with Gasteiger partial charge < -0.3 is 9.80 Å². The van der Waals surface area contributed by atoms with Crippen LogP contribution in [-0.4, -0.2) is 51.9 Å². The average molecular weight is 392 g/mol. The summed E-state index contributed by atoms with van der Waals surface area (Å²) >= 11 is 0. The summed E-state index contributed by atoms with van der Waals surface area (Å²) in [5, 5.41) is 0.446. The molecule has 1 atom stereocenters. The first-order chi connectivity index (χ1) is 14.0. The predicted octanol–water partition coefficient (Wildman–Crippen LogP) is 1.60. The van der Waals surface area contributed by atoms with Crippen molar-refractivity contribution in [1.29, 1.82) is 0 Å². The third-order valence-corrected chi connectivity index (χ3v) is 5.54. The summed E-state index contributed by atoms with van der Waals surface area (Å²) in [5.41, 5.74) is 0.766. The first-order valence-corrected chi connectivity index (χ1v) is 9.79. The summed E-state index contributed by atoms with van der Waals surface area (Å²) < 4.78 is 1.47. The molecule has 1 aromatic heterocycles. The molecule has 1 fully saturated rings. The quantitative estimate of drug-likeness (QED) is 0.732. The van der Waals surface area contributed by atoms with E-state index in [1.54, 1.807) is 24.3 Å². The van der Waals surface area contributed by atoms with Crippen molar-refractivity contribution >= 4 is 16.8 Å². The first-order valence-electron chi connectivity index (χ1n) is 9.79. The Kier molecular flexibility index (Phi) is 5.31. The Hall–Kier alpha value is -3.19. The minimum atomic E-state index is -0.487. The van der Waals surface area contributed by atoms with Crippen molar-refractivity contribution < 1.29 is 4.79 Å². The third-order valence-electron chi connectivity index (χ3n) is 5.54. The first kappa shape index (κ1) is 19.1. The summed E-state index contributed by atoms with van der Waals surface area (Å²) in [6.07, 6.45) is 0.197. The molecule has 2 aromatic carbocycles. The van der Waals surface area contributed by atoms with E-state index in [9.17, 15) is 14.4 Å². The molecule has 1 amide bonds. The number of aryl methyl sites for hydroxylation is 1. The van der Waals surface area contributed by atoms with E-state index < -0.39 is 11.2 Å². The van der Waals surface area contributed by atoms with E-state index in [0.717, 1.165) is 18.7 Å². The van der Waals surface area contributed by atoms with Crippen molar-refractivity contribution in [2.75, 3.05) is 26.7 Å². The molecule has 4 rings (SSSR count). The van der Waals surface area contributed by atoms with E-state index in [4.69, 9.17) is 0 Å². The normalized spacial score (nSPS) is 17.6. The summed E-state index contributed by atoms with van der Waals surface area (Å²) in [6.45, 7) is 2.47. The Labute approximate surface area is 168 Å². The maximum absolute atomic E-state index is 13.1. The zero-order valence-corrected chi connectivity index (χ0v) is 16.4. The number of aromatic amines is 1. The van der Waals surface area contributed by atoms with Gasteiger partial charge in [0.15, 0.2) is 0 Å². The molecule has 7 nitrogen and oxygen atoms in total. The Morgan fingerprint density at radius 3 is 2.55 bits per heavy atom. The van der Waals surface area contributed by atoms with Gasteiger partial charge >= 0.3 is 5.69 Å². The van der Waals surface area contributed by atoms with Gasteiger partial charge in [-0.05, 0) is 24.7 Å². The van der Waals surface area contributed by atoms with Gasteiger partial charge in [0.1, 0.15) is 0 Å². The van der Waals surface area contributed by atoms with E-state index >= 15 is 0 Å². The van der Waals surface area contributed by atoms with Gasteiger partial charge in [0.25, 0.3) is 5.56 Å². The van der Waals surface area contributed by atoms with Crippen molar-refractivity contribution in [1.82, 2.24) is 19.4 Å². The number of likely N-dealkylation sites (N-methyl/N-ethyl adjacent to an activating group) is 1. The maximum atomic E-state index is 13.1. The molecule has 0 aliphatic carbocycles. The standard InChI is InChI=1S/C22H24N4O3/c1-24-13-14-25(19(15-24)16-7-3-2-4-8-16)20(27)11-12-26-18-10-6-5-9-17(18)21(28)23-22(26)29/h2-10,19H,11-15H2,1H3,(H,23,28,29). The van der Waals surface area contributed by atoms with Crippen molar-refractivity contribution in [2.24, 2.45) is 0 Å². The molecule has 0 bridgehead atoms. The monoisotopic (exact) mass is 392 g/mol. The number of carbonyl (C=O) groups excluding carboxylic acids is 1. The summed E-state index contributed by atoms with van der Waals surface area (Å²) in [5.74, 6) is 0.00846. The van der Waals surface area contributed by atoms with Crippen LogP contribution in [0.15, 0.2) is 64.2 Å². The molecule has 3 aromatic rings. The number of piperazine rings is 1. The number of H-pyrrole nitrogens is 1. The van der Waals surface area contributed by atoms with Crippen LogP contribution in [0.25, 0.3) is 10.9 Å². The number of amides is 1. The van der Waals surface area contributed by atoms with E-state index in [-0.39, 0.29) is 24.9 Å². The van der Waals surface area contributed by atoms with E-state index in [2.05, 4.69) is 16.9 Å². The van der Waals surface area contributed by atoms with Crippen LogP contribution in [0, 0.1) is 0 Å². The zero-order chi connectivity index (χ0) is 20.4. The van der Waals surface area contributed by atoms with Crippen LogP contribution in [0.4, 0.5) is 0 Å². The molecule has 1 saturated heterocycles. The minimum Gasteiger partial charge on any atom is -0.333 e. The molecular weight excluding hydrogens is 368 g/mol. The van der Waals surface area contributed by atoms with Gasteiger partial charge in [0.05, 0.1) is 16.9 Å². The highest BCUT2D eigenvalue weighted by atomic mass is 16.2. The molecule has 29 heavy (non-hydrogen) atoms. The average Bonchev–Trinajstić information content (AvgIpc) is 2.74. The lowest BCUT2D eigenvalue weighted by atomic mass is 10.0. The molecule has 0 saturated carbocycles. The van der Waals surface area contributed by atoms with Gasteiger partial charge in [0, 0.05) is 32.6 Å². The lowest BCUT2D eigenvalue weighted by Gasteiger charge is -2.40. The molecule has 0 spiro atoms. The third kappa shape index (κ3) is 3.86. The number of nitrogens with one attached hydrogen (secondary N) is 1. The van der Waals surface area contributed by atoms with Crippen molar-refractivity contribution in [2.45, 2.75) is 19.0 Å². The Morgan fingerprint density at radius 2 is 1.76 bits per heavy atom. The molecule has 2 heterocycles. The van der Waals surface area contributed by atoms with Crippen LogP contribution in [0.3, 0.4) is 0 Å². The number of aromatic nitrogens is 2. The fourth-order valence-electron chi connectivity index (χ4n) is 3.99. The molecule has 1 unspecified atom stereocenters. The molecule has 1 aliphatic rings. The van der Waals surface area contributed by atoms with Crippen LogP contribution in [0.1, 0.15) is 18.0 Å². The molecule has 1 aliphatic heterocycles. The van der Waals surface area contributed by atoms with Crippen molar-refractivity contribution in [3.8, 4) is 0 Å². The summed E-state index contributed by atoms with van der Waals surface area (Å²) in [6, 6.07) is 17.0. The molecule has 150 valence electrons. The summed E-state index contributed by atoms with van der Waals surface area (Å²) in [4.78, 5) is 43.9. The Bertz CT molecular complexity index is 1140. The number of rotatable bonds is 4. The van der Waals surface area contributed by atoms with Crippen molar-refractivity contribution in [3.63, 3.8) is 0 Å². The topological polar surface area (TPSA) is 78.4 Å². The second kappa shape index (κ2) is 8.05. The van der Waals surface area contributed by atoms with Crippen LogP contribution in [0.2, 0.25) is 0 Å². The smallest absolute Gasteiger partial charge is 0.328 e. The van der Waals surface area contributed by atoms with Crippen LogP contribution < -0.4 is 11.2 Å². The van der Waals surface area contributed by atoms with Gasteiger partial charge in [-0.25, -0.2) is 4.79 Å². The van der Waals surface area contributed by atoms with Gasteiger partial charge in [-0.2, -0.15) is 0 Å². The largest absolute Gasteiger partial charge is 0.333 e. The second-order valence-electron chi connectivity index (χ2n) is 7.45. The number of carbonyl (C=O) groups is 1. The molecular formula is C22H24N4O3. The van der Waals surface area contributed by atoms with E-state index in [1.165, 1.54) is 4.57 Å². The SMILES string of the molecule is CN1CCN(C(=O)CCn2c(=O)[nH]c(=O)c3ccccc32)C(c2ccccc2)C1. The van der Waals surface area contributed by atoms with Gasteiger partial charge in [-0.15, -0.1) is 0 Å². The molecule has 7 heteroatoms. The minimum absolute atomic E-state index is 0.00787. The second-order valence-corrected chi connectivity index (χ2v) is 7.45. The maximum Gasteiger partial charge on any atom is 0.328 e. The molecule has 0 radical (unpaired) electrons. The lowest BCUT2D eigenvalue weighted by Crippen LogP contribution is -2.49. The number of benzene rings is 2. The lowest BCUT2D eigenvalue weighted by molar-refractivity contribution is -0.136.